The average Bonchev–Trinajstić information content (AvgIpc) is 3.25. The molecule has 1 heterocycles. The van der Waals surface area contributed by atoms with Crippen LogP contribution in [0.15, 0.2) is 97.1 Å². The molecule has 4 aromatic rings. The van der Waals surface area contributed by atoms with E-state index in [0.29, 0.717) is 27.5 Å². The Kier molecular flexibility index (Phi) is 11.9. The predicted octanol–water partition coefficient (Wildman–Crippen LogP) is 7.84. The molecule has 0 saturated heterocycles. The van der Waals surface area contributed by atoms with Crippen molar-refractivity contribution in [1.29, 1.82) is 0 Å². The fourth-order valence-electron chi connectivity index (χ4n) is 4.19. The molecule has 0 aromatic heterocycles. The molecule has 4 aromatic carbocycles. The molecular weight excluding hydrogens is 548 g/mol. The maximum Gasteiger partial charge on any atom is 0.261 e. The number of hydrogen-bond donors (Lipinski definition) is 1. The number of benzene rings is 4. The molecule has 3 amide bonds. The summed E-state index contributed by atoms with van der Waals surface area (Å²) in [4.78, 5) is 38.0. The molecule has 0 unspecified atom stereocenters. The molecule has 0 atom stereocenters. The molecule has 5 rings (SSSR count). The van der Waals surface area contributed by atoms with Crippen molar-refractivity contribution in [1.82, 2.24) is 10.2 Å². The number of fused-ring (bicyclic) bond motifs is 1. The van der Waals surface area contributed by atoms with E-state index in [1.807, 2.05) is 33.8 Å². The normalized spacial score (nSPS) is 11.6. The number of hydrogen-bond acceptors (Lipinski definition) is 4. The van der Waals surface area contributed by atoms with Crippen LogP contribution in [0.4, 0.5) is 0 Å². The maximum absolute atomic E-state index is 12.3. The minimum atomic E-state index is -0.344. The zero-order valence-electron chi connectivity index (χ0n) is 24.7. The zero-order chi connectivity index (χ0) is 30.6. The lowest BCUT2D eigenvalue weighted by atomic mass is 10.0. The first-order valence-corrected chi connectivity index (χ1v) is 14.4. The molecule has 0 bridgehead atoms. The van der Waals surface area contributed by atoms with Crippen LogP contribution in [-0.4, -0.2) is 41.8 Å². The molecule has 0 spiro atoms. The summed E-state index contributed by atoms with van der Waals surface area (Å²) in [7, 11) is 0. The van der Waals surface area contributed by atoms with Crippen molar-refractivity contribution in [2.45, 2.75) is 40.7 Å². The highest BCUT2D eigenvalue weighted by Crippen LogP contribution is 2.26. The number of halogens is 1. The highest BCUT2D eigenvalue weighted by Gasteiger charge is 2.34. The second-order valence-electron chi connectivity index (χ2n) is 9.61. The Morgan fingerprint density at radius 1 is 0.810 bits per heavy atom. The van der Waals surface area contributed by atoms with Gasteiger partial charge in [0.25, 0.3) is 17.7 Å². The van der Waals surface area contributed by atoms with E-state index in [2.05, 4.69) is 60.8 Å². The van der Waals surface area contributed by atoms with Gasteiger partial charge in [-0.3, -0.25) is 19.3 Å². The van der Waals surface area contributed by atoms with Gasteiger partial charge in [0.05, 0.1) is 22.3 Å². The summed E-state index contributed by atoms with van der Waals surface area (Å²) in [5, 5.41) is 3.04. The third-order valence-electron chi connectivity index (χ3n) is 6.21. The van der Waals surface area contributed by atoms with Gasteiger partial charge in [0.1, 0.15) is 5.75 Å². The summed E-state index contributed by atoms with van der Waals surface area (Å²) < 4.78 is 5.54. The largest absolute Gasteiger partial charge is 0.489 e. The Morgan fingerprint density at radius 2 is 1.36 bits per heavy atom. The van der Waals surface area contributed by atoms with Crippen LogP contribution >= 0.6 is 11.6 Å². The van der Waals surface area contributed by atoms with Gasteiger partial charge in [-0.05, 0) is 62.2 Å². The molecule has 7 heteroatoms. The minimum Gasteiger partial charge on any atom is -0.489 e. The van der Waals surface area contributed by atoms with Gasteiger partial charge in [-0.15, -0.1) is 0 Å². The topological polar surface area (TPSA) is 75.7 Å². The lowest BCUT2D eigenvalue weighted by molar-refractivity contribution is 0.0650. The van der Waals surface area contributed by atoms with E-state index in [1.54, 1.807) is 36.4 Å². The van der Waals surface area contributed by atoms with Gasteiger partial charge < -0.3 is 10.1 Å². The number of nitrogens with one attached hydrogen (secondary N) is 1. The smallest absolute Gasteiger partial charge is 0.261 e. The Bertz CT molecular complexity index is 1470. The Hall–Kier alpha value is -4.42. The fraction of sp³-hybridized carbons (Fsp3) is 0.229. The van der Waals surface area contributed by atoms with E-state index in [4.69, 9.17) is 16.3 Å². The summed E-state index contributed by atoms with van der Waals surface area (Å²) in [6, 6.07) is 30.5. The lowest BCUT2D eigenvalue weighted by Crippen LogP contribution is -2.38. The van der Waals surface area contributed by atoms with Crippen LogP contribution in [0.1, 0.15) is 64.3 Å². The van der Waals surface area contributed by atoms with E-state index in [-0.39, 0.29) is 36.9 Å². The average molecular weight is 585 g/mol. The summed E-state index contributed by atoms with van der Waals surface area (Å²) in [6.45, 7) is 10.1. The van der Waals surface area contributed by atoms with Gasteiger partial charge >= 0.3 is 0 Å². The number of ether oxygens (including phenoxy) is 1. The van der Waals surface area contributed by atoms with Gasteiger partial charge in [0.2, 0.25) is 0 Å². The van der Waals surface area contributed by atoms with Crippen molar-refractivity contribution in [3.05, 3.63) is 124 Å². The number of amides is 3. The number of carbonyl (C=O) groups is 3. The minimum absolute atomic E-state index is 0.0261. The van der Waals surface area contributed by atoms with Gasteiger partial charge in [-0.1, -0.05) is 97.7 Å². The maximum atomic E-state index is 12.3. The van der Waals surface area contributed by atoms with E-state index in [9.17, 15) is 14.4 Å². The fourth-order valence-corrected chi connectivity index (χ4v) is 4.42. The van der Waals surface area contributed by atoms with Gasteiger partial charge in [-0.2, -0.15) is 0 Å². The third-order valence-corrected chi connectivity index (χ3v) is 6.51. The van der Waals surface area contributed by atoms with Crippen LogP contribution < -0.4 is 10.1 Å². The Labute approximate surface area is 253 Å². The SMILES string of the molecule is CC.CC(C)Oc1ccc(C(=O)NCCN2C(=O)c3ccccc3C2=O)cc1Cl.Cc1ccc(-c2ccccc2)cc1. The van der Waals surface area contributed by atoms with E-state index in [0.717, 1.165) is 4.90 Å². The molecule has 1 N–H and O–H groups in total. The first-order valence-electron chi connectivity index (χ1n) is 14.1. The monoisotopic (exact) mass is 584 g/mol. The zero-order valence-corrected chi connectivity index (χ0v) is 25.4. The molecule has 0 fully saturated rings. The number of nitrogens with zero attached hydrogens (tertiary/aromatic N) is 1. The highest BCUT2D eigenvalue weighted by atomic mass is 35.5. The first-order chi connectivity index (χ1) is 20.2. The standard InChI is InChI=1S/C20H19ClN2O4.C13H12.C2H6/c1-12(2)27-17-8-7-13(11-16(17)21)18(24)22-9-10-23-19(25)14-5-3-4-6-15(14)20(23)26;1-11-7-9-13(10-8-11)12-5-3-2-4-6-12;1-2/h3-8,11-12H,9-10H2,1-2H3,(H,22,24);2-10H,1H3;1-2H3. The molecule has 1 aliphatic heterocycles. The Morgan fingerprint density at radius 3 is 1.90 bits per heavy atom. The second kappa shape index (κ2) is 15.5. The van der Waals surface area contributed by atoms with Crippen LogP contribution in [0.25, 0.3) is 11.1 Å². The van der Waals surface area contributed by atoms with Crippen LogP contribution in [-0.2, 0) is 0 Å². The molecule has 6 nitrogen and oxygen atoms in total. The first kappa shape index (κ1) is 32.1. The summed E-state index contributed by atoms with van der Waals surface area (Å²) >= 11 is 6.14. The van der Waals surface area contributed by atoms with E-state index in [1.165, 1.54) is 22.8 Å². The molecule has 42 heavy (non-hydrogen) atoms. The summed E-state index contributed by atoms with van der Waals surface area (Å²) in [5.41, 5.74) is 5.02. The van der Waals surface area contributed by atoms with E-state index < -0.39 is 0 Å². The molecule has 0 saturated carbocycles. The number of aryl methyl sites for hydroxylation is 1. The van der Waals surface area contributed by atoms with Gasteiger partial charge in [0, 0.05) is 18.7 Å². The number of imide groups is 1. The summed E-state index contributed by atoms with van der Waals surface area (Å²) in [6.07, 6.45) is -0.0261. The number of rotatable bonds is 7. The number of carbonyl (C=O) groups excluding carboxylic acids is 3. The van der Waals surface area contributed by atoms with Crippen molar-refractivity contribution in [3.8, 4) is 16.9 Å². The van der Waals surface area contributed by atoms with Crippen molar-refractivity contribution in [2.75, 3.05) is 13.1 Å². The quantitative estimate of drug-likeness (QED) is 0.224. The lowest BCUT2D eigenvalue weighted by Gasteiger charge is -2.15. The van der Waals surface area contributed by atoms with Gasteiger partial charge in [0.15, 0.2) is 0 Å². The molecule has 1 aliphatic rings. The molecule has 218 valence electrons. The predicted molar refractivity (Wildman–Crippen MR) is 169 cm³/mol. The van der Waals surface area contributed by atoms with Crippen LogP contribution in [0.3, 0.4) is 0 Å². The van der Waals surface area contributed by atoms with Crippen LogP contribution in [0.5, 0.6) is 5.75 Å². The second-order valence-corrected chi connectivity index (χ2v) is 10.0. The summed E-state index contributed by atoms with van der Waals surface area (Å²) in [5.74, 6) is -0.523. The van der Waals surface area contributed by atoms with Crippen molar-refractivity contribution in [2.24, 2.45) is 0 Å². The van der Waals surface area contributed by atoms with Crippen LogP contribution in [0, 0.1) is 6.92 Å². The Balaban J connectivity index is 0.000000269. The van der Waals surface area contributed by atoms with Gasteiger partial charge in [-0.25, -0.2) is 0 Å². The molecular formula is C35H37ClN2O4. The van der Waals surface area contributed by atoms with Crippen molar-refractivity contribution < 1.29 is 19.1 Å². The highest BCUT2D eigenvalue weighted by molar-refractivity contribution is 6.32. The third kappa shape index (κ3) is 8.30. The molecule has 0 aliphatic carbocycles. The van der Waals surface area contributed by atoms with Crippen molar-refractivity contribution >= 4 is 29.3 Å². The van der Waals surface area contributed by atoms with E-state index >= 15 is 0 Å². The van der Waals surface area contributed by atoms with Crippen LogP contribution in [0.2, 0.25) is 5.02 Å². The van der Waals surface area contributed by atoms with Crippen molar-refractivity contribution in [3.63, 3.8) is 0 Å². The molecule has 0 radical (unpaired) electrons.